The molecule has 2 N–H and O–H groups in total. The van der Waals surface area contributed by atoms with Crippen molar-refractivity contribution in [2.24, 2.45) is 14.1 Å². The molecule has 0 saturated heterocycles. The Balaban J connectivity index is 1.89. The predicted molar refractivity (Wildman–Crippen MR) is 108 cm³/mol. The van der Waals surface area contributed by atoms with Crippen LogP contribution in [0.1, 0.15) is 34.1 Å². The Bertz CT molecular complexity index is 1230. The molecule has 3 rings (SSSR count). The number of fused-ring (bicyclic) bond motifs is 1. The van der Waals surface area contributed by atoms with E-state index in [0.29, 0.717) is 17.4 Å². The van der Waals surface area contributed by atoms with Crippen LogP contribution in [0.2, 0.25) is 0 Å². The summed E-state index contributed by atoms with van der Waals surface area (Å²) in [5.41, 5.74) is 5.31. The third kappa shape index (κ3) is 3.46. The number of carbonyl (C=O) groups excluding carboxylic acids is 2. The van der Waals surface area contributed by atoms with Gasteiger partial charge in [0.2, 0.25) is 5.78 Å². The number of para-hydroxylation sites is 1. The van der Waals surface area contributed by atoms with Crippen LogP contribution in [0.4, 0.5) is 5.82 Å². The molecule has 0 aliphatic rings. The second-order valence-electron chi connectivity index (χ2n) is 6.73. The summed E-state index contributed by atoms with van der Waals surface area (Å²) < 4.78 is 8.93. The van der Waals surface area contributed by atoms with Crippen LogP contribution < -0.4 is 17.0 Å². The van der Waals surface area contributed by atoms with Gasteiger partial charge in [0.05, 0.1) is 5.56 Å². The van der Waals surface area contributed by atoms with Gasteiger partial charge in [0.1, 0.15) is 11.4 Å². The van der Waals surface area contributed by atoms with Crippen LogP contribution in [0.25, 0.3) is 10.9 Å². The van der Waals surface area contributed by atoms with Crippen molar-refractivity contribution in [3.63, 3.8) is 0 Å². The molecule has 0 atom stereocenters. The summed E-state index contributed by atoms with van der Waals surface area (Å²) in [6, 6.07) is 7.29. The summed E-state index contributed by atoms with van der Waals surface area (Å²) in [6.07, 6.45) is 2.21. The second-order valence-corrected chi connectivity index (χ2v) is 6.73. The highest BCUT2D eigenvalue weighted by atomic mass is 16.5. The van der Waals surface area contributed by atoms with Crippen LogP contribution in [0.3, 0.4) is 0 Å². The first-order valence-electron chi connectivity index (χ1n) is 9.11. The van der Waals surface area contributed by atoms with Gasteiger partial charge >= 0.3 is 11.7 Å². The number of esters is 1. The van der Waals surface area contributed by atoms with Crippen LogP contribution >= 0.6 is 0 Å². The zero-order valence-electron chi connectivity index (χ0n) is 16.5. The first kappa shape index (κ1) is 20.1. The number of nitrogens with zero attached hydrogens (tertiary/aromatic N) is 3. The molecule has 29 heavy (non-hydrogen) atoms. The van der Waals surface area contributed by atoms with Gasteiger partial charge in [-0.25, -0.2) is 9.59 Å². The molecule has 9 heteroatoms. The Morgan fingerprint density at radius 1 is 1.14 bits per heavy atom. The standard InChI is InChI=1S/C20H22N4O5/c1-4-9-24-17(21)16(18(26)23(3)20(24)28)15(25)11-29-19(27)13-10-22(2)14-8-6-5-7-12(13)14/h5-8,10H,4,9,11,21H2,1-3H3. The Hall–Kier alpha value is -3.62. The van der Waals surface area contributed by atoms with Gasteiger partial charge in [-0.2, -0.15) is 0 Å². The summed E-state index contributed by atoms with van der Waals surface area (Å²) in [6.45, 7) is 1.44. The fourth-order valence-corrected chi connectivity index (χ4v) is 3.27. The van der Waals surface area contributed by atoms with Crippen LogP contribution in [0.5, 0.6) is 0 Å². The van der Waals surface area contributed by atoms with Gasteiger partial charge in [0.25, 0.3) is 5.56 Å². The van der Waals surface area contributed by atoms with Gasteiger partial charge in [-0.15, -0.1) is 0 Å². The van der Waals surface area contributed by atoms with Gasteiger partial charge in [0, 0.05) is 37.7 Å². The van der Waals surface area contributed by atoms with E-state index in [1.807, 2.05) is 19.1 Å². The van der Waals surface area contributed by atoms with Gasteiger partial charge in [-0.3, -0.25) is 18.7 Å². The summed E-state index contributed by atoms with van der Waals surface area (Å²) in [4.78, 5) is 49.7. The van der Waals surface area contributed by atoms with Crippen molar-refractivity contribution in [1.82, 2.24) is 13.7 Å². The molecule has 0 amide bonds. The summed E-state index contributed by atoms with van der Waals surface area (Å²) in [5.74, 6) is -1.67. The number of ketones is 1. The first-order valence-corrected chi connectivity index (χ1v) is 9.11. The highest BCUT2D eigenvalue weighted by Gasteiger charge is 2.23. The third-order valence-electron chi connectivity index (χ3n) is 4.76. The van der Waals surface area contributed by atoms with Crippen LogP contribution in [-0.4, -0.2) is 32.1 Å². The fraction of sp³-hybridized carbons (Fsp3) is 0.300. The number of rotatable bonds is 6. The Labute approximate surface area is 165 Å². The molecule has 152 valence electrons. The molecular formula is C20H22N4O5. The molecule has 9 nitrogen and oxygen atoms in total. The Kier molecular flexibility index (Phi) is 5.40. The molecule has 2 heterocycles. The third-order valence-corrected chi connectivity index (χ3v) is 4.76. The van der Waals surface area contributed by atoms with E-state index < -0.39 is 29.6 Å². The normalized spacial score (nSPS) is 11.0. The van der Waals surface area contributed by atoms with Crippen molar-refractivity contribution in [1.29, 1.82) is 0 Å². The van der Waals surface area contributed by atoms with Crippen LogP contribution in [-0.2, 0) is 25.4 Å². The minimum atomic E-state index is -0.814. The average Bonchev–Trinajstić information content (AvgIpc) is 3.05. The largest absolute Gasteiger partial charge is 0.454 e. The van der Waals surface area contributed by atoms with E-state index in [-0.39, 0.29) is 17.9 Å². The van der Waals surface area contributed by atoms with Crippen molar-refractivity contribution >= 4 is 28.5 Å². The molecule has 0 unspecified atom stereocenters. The van der Waals surface area contributed by atoms with Gasteiger partial charge in [-0.1, -0.05) is 25.1 Å². The lowest BCUT2D eigenvalue weighted by Crippen LogP contribution is -2.43. The minimum Gasteiger partial charge on any atom is -0.454 e. The highest BCUT2D eigenvalue weighted by molar-refractivity contribution is 6.06. The maximum Gasteiger partial charge on any atom is 0.340 e. The Morgan fingerprint density at radius 3 is 2.52 bits per heavy atom. The summed E-state index contributed by atoms with van der Waals surface area (Å²) in [7, 11) is 3.07. The van der Waals surface area contributed by atoms with Gasteiger partial charge in [0.15, 0.2) is 6.61 Å². The van der Waals surface area contributed by atoms with Crippen LogP contribution in [0, 0.1) is 0 Å². The average molecular weight is 398 g/mol. The molecule has 0 fully saturated rings. The fourth-order valence-electron chi connectivity index (χ4n) is 3.27. The topological polar surface area (TPSA) is 118 Å². The van der Waals surface area contributed by atoms with E-state index in [0.717, 1.165) is 10.1 Å². The number of anilines is 1. The molecule has 0 radical (unpaired) electrons. The molecular weight excluding hydrogens is 376 g/mol. The smallest absolute Gasteiger partial charge is 0.340 e. The van der Waals surface area contributed by atoms with Crippen molar-refractivity contribution in [2.45, 2.75) is 19.9 Å². The zero-order valence-corrected chi connectivity index (χ0v) is 16.5. The van der Waals surface area contributed by atoms with E-state index in [1.54, 1.807) is 29.9 Å². The number of nitrogens with two attached hydrogens (primary N) is 1. The number of hydrogen-bond donors (Lipinski definition) is 1. The quantitative estimate of drug-likeness (QED) is 0.490. The molecule has 0 bridgehead atoms. The molecule has 0 aliphatic carbocycles. The predicted octanol–water partition coefficient (Wildman–Crippen LogP) is 1.07. The number of aryl methyl sites for hydroxylation is 1. The molecule has 2 aromatic heterocycles. The number of ether oxygens (including phenoxy) is 1. The van der Waals surface area contributed by atoms with E-state index in [4.69, 9.17) is 10.5 Å². The number of Topliss-reactive ketones (excluding diaryl/α,β-unsaturated/α-hetero) is 1. The maximum absolute atomic E-state index is 12.6. The summed E-state index contributed by atoms with van der Waals surface area (Å²) in [5, 5.41) is 0.694. The lowest BCUT2D eigenvalue weighted by atomic mass is 10.2. The first-order chi connectivity index (χ1) is 13.8. The highest BCUT2D eigenvalue weighted by Crippen LogP contribution is 2.21. The lowest BCUT2D eigenvalue weighted by Gasteiger charge is -2.13. The van der Waals surface area contributed by atoms with E-state index in [9.17, 15) is 19.2 Å². The minimum absolute atomic E-state index is 0.217. The number of benzene rings is 1. The van der Waals surface area contributed by atoms with E-state index in [2.05, 4.69) is 0 Å². The lowest BCUT2D eigenvalue weighted by molar-refractivity contribution is 0.0476. The van der Waals surface area contributed by atoms with Crippen molar-refractivity contribution in [2.75, 3.05) is 12.3 Å². The van der Waals surface area contributed by atoms with Crippen LogP contribution in [0.15, 0.2) is 40.1 Å². The molecule has 0 spiro atoms. The number of aromatic nitrogens is 3. The molecule has 1 aromatic carbocycles. The van der Waals surface area contributed by atoms with Crippen molar-refractivity contribution < 1.29 is 14.3 Å². The number of carbonyl (C=O) groups is 2. The molecule has 0 aliphatic heterocycles. The molecule has 3 aromatic rings. The second kappa shape index (κ2) is 7.78. The van der Waals surface area contributed by atoms with Gasteiger partial charge < -0.3 is 15.0 Å². The zero-order chi connectivity index (χ0) is 21.3. The van der Waals surface area contributed by atoms with Crippen molar-refractivity contribution in [3.8, 4) is 0 Å². The Morgan fingerprint density at radius 2 is 1.83 bits per heavy atom. The summed E-state index contributed by atoms with van der Waals surface area (Å²) >= 11 is 0. The SMILES string of the molecule is CCCn1c(N)c(C(=O)COC(=O)c2cn(C)c3ccccc23)c(=O)n(C)c1=O. The van der Waals surface area contributed by atoms with E-state index in [1.165, 1.54) is 11.6 Å². The monoisotopic (exact) mass is 398 g/mol. The number of nitrogen functional groups attached to an aromatic ring is 1. The molecule has 0 saturated carbocycles. The maximum atomic E-state index is 12.6. The van der Waals surface area contributed by atoms with Crippen molar-refractivity contribution in [3.05, 3.63) is 62.4 Å². The van der Waals surface area contributed by atoms with Gasteiger partial charge in [-0.05, 0) is 12.5 Å². The van der Waals surface area contributed by atoms with E-state index >= 15 is 0 Å². The number of hydrogen-bond acceptors (Lipinski definition) is 6.